The van der Waals surface area contributed by atoms with Gasteiger partial charge in [-0.15, -0.1) is 0 Å². The van der Waals surface area contributed by atoms with E-state index in [-0.39, 0.29) is 36.0 Å². The van der Waals surface area contributed by atoms with E-state index in [2.05, 4.69) is 20.5 Å². The van der Waals surface area contributed by atoms with Gasteiger partial charge >= 0.3 is 5.97 Å². The van der Waals surface area contributed by atoms with Gasteiger partial charge in [-0.2, -0.15) is 5.10 Å². The zero-order valence-electron chi connectivity index (χ0n) is 22.2. The number of pyridine rings is 1. The first kappa shape index (κ1) is 27.7. The Labute approximate surface area is 236 Å². The van der Waals surface area contributed by atoms with Gasteiger partial charge in [-0.3, -0.25) is 14.8 Å². The van der Waals surface area contributed by atoms with Crippen molar-refractivity contribution in [3.8, 4) is 11.1 Å². The van der Waals surface area contributed by atoms with Crippen molar-refractivity contribution >= 4 is 29.2 Å². The summed E-state index contributed by atoms with van der Waals surface area (Å²) < 4.78 is 30.6. The Morgan fingerprint density at radius 1 is 1.15 bits per heavy atom. The predicted molar refractivity (Wildman–Crippen MR) is 151 cm³/mol. The minimum atomic E-state index is -1.24. The Balaban J connectivity index is 1.46. The molecule has 2 atom stereocenters. The maximum atomic E-state index is 16.0. The molecule has 2 aromatic heterocycles. The Morgan fingerprint density at radius 3 is 2.60 bits per heavy atom. The van der Waals surface area contributed by atoms with Crippen LogP contribution in [-0.4, -0.2) is 43.7 Å². The molecule has 10 heteroatoms. The normalized spacial score (nSPS) is 19.5. The molecule has 3 N–H and O–H groups in total. The summed E-state index contributed by atoms with van der Waals surface area (Å²) in [5, 5.41) is 20.6. The quantitative estimate of drug-likeness (QED) is 0.219. The van der Waals surface area contributed by atoms with Gasteiger partial charge in [0.1, 0.15) is 11.6 Å². The molecule has 1 fully saturated rings. The van der Waals surface area contributed by atoms with Crippen LogP contribution >= 0.6 is 11.6 Å². The Morgan fingerprint density at radius 2 is 1.93 bits per heavy atom. The van der Waals surface area contributed by atoms with E-state index in [4.69, 9.17) is 11.6 Å². The number of aromatic amines is 1. The number of nitrogens with one attached hydrogen (secondary N) is 2. The van der Waals surface area contributed by atoms with E-state index in [1.165, 1.54) is 6.07 Å². The third kappa shape index (κ3) is 5.71. The average Bonchev–Trinajstić information content (AvgIpc) is 3.34. The molecule has 0 radical (unpaired) electrons. The molecule has 2 aromatic carbocycles. The monoisotopic (exact) mass is 565 g/mol. The molecule has 40 heavy (non-hydrogen) atoms. The maximum Gasteiger partial charge on any atom is 0.310 e. The van der Waals surface area contributed by atoms with E-state index in [0.29, 0.717) is 41.4 Å². The zero-order valence-corrected chi connectivity index (χ0v) is 23.0. The van der Waals surface area contributed by atoms with Crippen LogP contribution in [0.5, 0.6) is 0 Å². The molecule has 0 saturated carbocycles. The second kappa shape index (κ2) is 11.3. The fourth-order valence-corrected chi connectivity index (χ4v) is 5.65. The van der Waals surface area contributed by atoms with Gasteiger partial charge in [-0.25, -0.2) is 13.8 Å². The highest BCUT2D eigenvalue weighted by Crippen LogP contribution is 2.41. The number of benzene rings is 2. The molecule has 0 unspecified atom stereocenters. The van der Waals surface area contributed by atoms with Crippen LogP contribution in [0.25, 0.3) is 11.1 Å². The Kier molecular flexibility index (Phi) is 7.87. The van der Waals surface area contributed by atoms with Crippen LogP contribution in [0.15, 0.2) is 60.7 Å². The van der Waals surface area contributed by atoms with Crippen molar-refractivity contribution in [1.29, 1.82) is 0 Å². The van der Waals surface area contributed by atoms with Crippen LogP contribution in [0.3, 0.4) is 0 Å². The number of hydrogen-bond donors (Lipinski definition) is 3. The van der Waals surface area contributed by atoms with Crippen molar-refractivity contribution in [1.82, 2.24) is 20.1 Å². The first-order chi connectivity index (χ1) is 19.1. The molecule has 7 nitrogen and oxygen atoms in total. The lowest BCUT2D eigenvalue weighted by molar-refractivity contribution is -0.153. The highest BCUT2D eigenvalue weighted by atomic mass is 35.5. The van der Waals surface area contributed by atoms with Gasteiger partial charge in [0.15, 0.2) is 11.6 Å². The highest BCUT2D eigenvalue weighted by Gasteiger charge is 2.45. The number of aliphatic carboxylic acids is 1. The van der Waals surface area contributed by atoms with Crippen molar-refractivity contribution in [3.63, 3.8) is 0 Å². The molecule has 1 aliphatic heterocycles. The van der Waals surface area contributed by atoms with E-state index in [1.807, 2.05) is 36.9 Å². The van der Waals surface area contributed by atoms with E-state index < -0.39 is 23.0 Å². The maximum absolute atomic E-state index is 16.0. The van der Waals surface area contributed by atoms with Crippen LogP contribution in [0.2, 0.25) is 5.02 Å². The molecule has 1 aliphatic rings. The first-order valence-corrected chi connectivity index (χ1v) is 13.5. The van der Waals surface area contributed by atoms with Crippen LogP contribution in [0.4, 0.5) is 20.4 Å². The first-order valence-electron chi connectivity index (χ1n) is 13.1. The molecule has 5 rings (SSSR count). The summed E-state index contributed by atoms with van der Waals surface area (Å²) in [6.45, 7) is 4.48. The third-order valence-electron chi connectivity index (χ3n) is 7.62. The lowest BCUT2D eigenvalue weighted by Gasteiger charge is -2.43. The summed E-state index contributed by atoms with van der Waals surface area (Å²) in [6, 6.07) is 17.2. The van der Waals surface area contributed by atoms with Crippen molar-refractivity contribution < 1.29 is 18.7 Å². The van der Waals surface area contributed by atoms with Crippen molar-refractivity contribution in [2.75, 3.05) is 11.9 Å². The van der Waals surface area contributed by atoms with Gasteiger partial charge in [0, 0.05) is 41.9 Å². The minimum absolute atomic E-state index is 0.0521. The topological polar surface area (TPSA) is 94.1 Å². The lowest BCUT2D eigenvalue weighted by Crippen LogP contribution is -2.50. The van der Waals surface area contributed by atoms with Gasteiger partial charge in [-0.1, -0.05) is 54.1 Å². The number of carboxylic acid groups (broad SMARTS) is 1. The van der Waals surface area contributed by atoms with Crippen LogP contribution in [0.1, 0.15) is 36.7 Å². The fraction of sp³-hybridized carbons (Fsp3) is 0.300. The molecule has 0 bridgehead atoms. The average molecular weight is 566 g/mol. The van der Waals surface area contributed by atoms with Crippen LogP contribution in [-0.2, 0) is 17.8 Å². The molecule has 3 heterocycles. The number of piperidine rings is 1. The molecular weight excluding hydrogens is 536 g/mol. The highest BCUT2D eigenvalue weighted by molar-refractivity contribution is 6.30. The van der Waals surface area contributed by atoms with Gasteiger partial charge in [0.2, 0.25) is 0 Å². The number of aromatic nitrogens is 3. The van der Waals surface area contributed by atoms with E-state index in [0.717, 1.165) is 5.69 Å². The zero-order chi connectivity index (χ0) is 28.4. The largest absolute Gasteiger partial charge is 0.481 e. The van der Waals surface area contributed by atoms with Gasteiger partial charge < -0.3 is 10.4 Å². The standard InChI is InChI=1S/C30H30ClF2N5O2/c1-18-13-26(37-36-18)35-25-14-22(20-7-4-3-5-8-20)28(33)24(34-25)16-30(29(39)40)11-12-38(19(2)15-30)17-21-9-6-10-23(31)27(21)32/h3-10,13-14,19H,11-12,15-17H2,1-2H3,(H,39,40)(H2,34,35,36,37)/t19-,30-/m1/s1. The summed E-state index contributed by atoms with van der Waals surface area (Å²) in [7, 11) is 0. The number of rotatable bonds is 8. The number of hydrogen-bond acceptors (Lipinski definition) is 5. The van der Waals surface area contributed by atoms with Crippen molar-refractivity contribution in [2.45, 2.75) is 45.7 Å². The number of nitrogens with zero attached hydrogens (tertiary/aromatic N) is 3. The third-order valence-corrected chi connectivity index (χ3v) is 7.92. The van der Waals surface area contributed by atoms with Gasteiger partial charge in [0.05, 0.1) is 16.1 Å². The van der Waals surface area contributed by atoms with Crippen LogP contribution < -0.4 is 5.32 Å². The van der Waals surface area contributed by atoms with Crippen molar-refractivity contribution in [2.24, 2.45) is 5.41 Å². The molecule has 1 saturated heterocycles. The number of halogens is 3. The minimum Gasteiger partial charge on any atom is -0.481 e. The Hall–Kier alpha value is -3.82. The summed E-state index contributed by atoms with van der Waals surface area (Å²) in [4.78, 5) is 19.3. The van der Waals surface area contributed by atoms with Crippen LogP contribution in [0, 0.1) is 24.0 Å². The number of aryl methyl sites for hydroxylation is 1. The van der Waals surface area contributed by atoms with E-state index in [1.54, 1.807) is 36.4 Å². The summed E-state index contributed by atoms with van der Waals surface area (Å²) >= 11 is 5.96. The number of carbonyl (C=O) groups is 1. The summed E-state index contributed by atoms with van der Waals surface area (Å²) in [6.07, 6.45) is 0.419. The predicted octanol–water partition coefficient (Wildman–Crippen LogP) is 6.75. The number of carboxylic acids is 1. The molecule has 0 amide bonds. The Bertz CT molecular complexity index is 1530. The second-order valence-corrected chi connectivity index (χ2v) is 10.9. The number of likely N-dealkylation sites (tertiary alicyclic amines) is 1. The molecular formula is C30H30ClF2N5O2. The molecule has 0 aliphatic carbocycles. The second-order valence-electron chi connectivity index (χ2n) is 10.5. The molecule has 0 spiro atoms. The lowest BCUT2D eigenvalue weighted by atomic mass is 9.72. The van der Waals surface area contributed by atoms with Crippen molar-refractivity contribution in [3.05, 3.63) is 94.3 Å². The summed E-state index contributed by atoms with van der Waals surface area (Å²) in [5.41, 5.74) is 1.10. The number of H-pyrrole nitrogens is 1. The SMILES string of the molecule is Cc1cc(Nc2cc(-c3ccccc3)c(F)c(C[C@@]3(C(=O)O)CCN(Cc4cccc(Cl)c4F)[C@H](C)C3)n2)n[nH]1. The van der Waals surface area contributed by atoms with Gasteiger partial charge in [0.25, 0.3) is 0 Å². The molecule has 208 valence electrons. The molecule has 4 aromatic rings. The number of anilines is 2. The van der Waals surface area contributed by atoms with E-state index in [9.17, 15) is 14.3 Å². The fourth-order valence-electron chi connectivity index (χ4n) is 5.45. The van der Waals surface area contributed by atoms with Gasteiger partial charge in [-0.05, 0) is 50.9 Å². The summed E-state index contributed by atoms with van der Waals surface area (Å²) in [5.74, 6) is -1.14. The smallest absolute Gasteiger partial charge is 0.310 e. The van der Waals surface area contributed by atoms with E-state index >= 15 is 4.39 Å².